The van der Waals surface area contributed by atoms with E-state index < -0.39 is 0 Å². The molecule has 0 atom stereocenters. The predicted octanol–water partition coefficient (Wildman–Crippen LogP) is 1.21. The van der Waals surface area contributed by atoms with Crippen molar-refractivity contribution in [2.75, 3.05) is 39.3 Å². The van der Waals surface area contributed by atoms with Gasteiger partial charge in [-0.15, -0.1) is 0 Å². The molecule has 0 bridgehead atoms. The van der Waals surface area contributed by atoms with Gasteiger partial charge in [-0.1, -0.05) is 0 Å². The Morgan fingerprint density at radius 3 is 2.60 bits per heavy atom. The smallest absolute Gasteiger partial charge is 0.137 e. The number of halogens is 1. The van der Waals surface area contributed by atoms with Crippen LogP contribution in [0.4, 0.5) is 0 Å². The normalized spacial score (nSPS) is 17.9. The standard InChI is InChI=1S/C14H19BrN4O/c15-12-1-2-14-16-13(11-19(14)9-12)10-18-5-3-17(4-6-18)7-8-20/h1-2,9,11,20H,3-8,10H2. The highest BCUT2D eigenvalue weighted by atomic mass is 79.9. The van der Waals surface area contributed by atoms with E-state index in [-0.39, 0.29) is 6.61 Å². The van der Waals surface area contributed by atoms with Gasteiger partial charge in [-0.3, -0.25) is 9.80 Å². The lowest BCUT2D eigenvalue weighted by Crippen LogP contribution is -2.46. The van der Waals surface area contributed by atoms with Gasteiger partial charge in [0.25, 0.3) is 0 Å². The van der Waals surface area contributed by atoms with Crippen molar-refractivity contribution in [3.63, 3.8) is 0 Å². The molecule has 3 heterocycles. The zero-order valence-electron chi connectivity index (χ0n) is 11.4. The van der Waals surface area contributed by atoms with E-state index in [1.54, 1.807) is 0 Å². The zero-order chi connectivity index (χ0) is 13.9. The molecule has 2 aromatic rings. The van der Waals surface area contributed by atoms with Crippen molar-refractivity contribution in [1.82, 2.24) is 19.2 Å². The summed E-state index contributed by atoms with van der Waals surface area (Å²) in [5.74, 6) is 0. The van der Waals surface area contributed by atoms with Gasteiger partial charge < -0.3 is 9.51 Å². The number of rotatable bonds is 4. The van der Waals surface area contributed by atoms with Crippen LogP contribution in [0.2, 0.25) is 0 Å². The average Bonchev–Trinajstić information content (AvgIpc) is 2.82. The highest BCUT2D eigenvalue weighted by Gasteiger charge is 2.17. The first-order valence-corrected chi connectivity index (χ1v) is 7.72. The summed E-state index contributed by atoms with van der Waals surface area (Å²) >= 11 is 3.48. The van der Waals surface area contributed by atoms with E-state index in [0.29, 0.717) is 0 Å². The van der Waals surface area contributed by atoms with Gasteiger partial charge in [0.05, 0.1) is 12.3 Å². The minimum absolute atomic E-state index is 0.251. The fourth-order valence-electron chi connectivity index (χ4n) is 2.63. The number of hydrogen-bond donors (Lipinski definition) is 1. The fourth-order valence-corrected chi connectivity index (χ4v) is 2.99. The number of β-amino-alcohol motifs (C(OH)–C–C–N with tert-alkyl or cyclic N) is 1. The molecular formula is C14H19BrN4O. The summed E-state index contributed by atoms with van der Waals surface area (Å²) in [6.07, 6.45) is 4.13. The van der Waals surface area contributed by atoms with Crippen LogP contribution in [-0.4, -0.2) is 63.6 Å². The van der Waals surface area contributed by atoms with E-state index in [1.165, 1.54) is 0 Å². The molecule has 3 rings (SSSR count). The number of aromatic nitrogens is 2. The molecule has 108 valence electrons. The topological polar surface area (TPSA) is 44.0 Å². The summed E-state index contributed by atoms with van der Waals surface area (Å²) in [6, 6.07) is 4.03. The van der Waals surface area contributed by atoms with Gasteiger partial charge in [-0.25, -0.2) is 4.98 Å². The fraction of sp³-hybridized carbons (Fsp3) is 0.500. The van der Waals surface area contributed by atoms with Crippen LogP contribution in [0.25, 0.3) is 5.65 Å². The van der Waals surface area contributed by atoms with Crippen molar-refractivity contribution in [3.8, 4) is 0 Å². The second-order valence-electron chi connectivity index (χ2n) is 5.19. The third-order valence-corrected chi connectivity index (χ3v) is 4.20. The molecule has 0 radical (unpaired) electrons. The molecule has 2 aromatic heterocycles. The Balaban J connectivity index is 1.62. The first kappa shape index (κ1) is 14.0. The van der Waals surface area contributed by atoms with Crippen LogP contribution in [0.15, 0.2) is 29.0 Å². The first-order chi connectivity index (χ1) is 9.74. The summed E-state index contributed by atoms with van der Waals surface area (Å²) in [5, 5.41) is 8.95. The highest BCUT2D eigenvalue weighted by Crippen LogP contribution is 2.14. The molecule has 5 nitrogen and oxygen atoms in total. The van der Waals surface area contributed by atoms with E-state index in [9.17, 15) is 0 Å². The molecular weight excluding hydrogens is 320 g/mol. The van der Waals surface area contributed by atoms with Crippen LogP contribution in [0.5, 0.6) is 0 Å². The maximum absolute atomic E-state index is 8.95. The lowest BCUT2D eigenvalue weighted by Gasteiger charge is -2.33. The Morgan fingerprint density at radius 2 is 1.85 bits per heavy atom. The summed E-state index contributed by atoms with van der Waals surface area (Å²) < 4.78 is 3.12. The van der Waals surface area contributed by atoms with Crippen LogP contribution in [0, 0.1) is 0 Å². The third kappa shape index (κ3) is 3.20. The highest BCUT2D eigenvalue weighted by molar-refractivity contribution is 9.10. The molecule has 0 aliphatic carbocycles. The van der Waals surface area contributed by atoms with Crippen LogP contribution in [-0.2, 0) is 6.54 Å². The Bertz CT molecular complexity index is 578. The largest absolute Gasteiger partial charge is 0.395 e. The number of nitrogens with zero attached hydrogens (tertiary/aromatic N) is 4. The van der Waals surface area contributed by atoms with E-state index in [4.69, 9.17) is 5.11 Å². The van der Waals surface area contributed by atoms with Crippen molar-refractivity contribution < 1.29 is 5.11 Å². The van der Waals surface area contributed by atoms with Crippen molar-refractivity contribution in [2.45, 2.75) is 6.54 Å². The van der Waals surface area contributed by atoms with Gasteiger partial charge in [0.15, 0.2) is 0 Å². The molecule has 1 aliphatic rings. The van der Waals surface area contributed by atoms with Crippen LogP contribution in [0.3, 0.4) is 0 Å². The van der Waals surface area contributed by atoms with E-state index in [2.05, 4.69) is 41.3 Å². The Morgan fingerprint density at radius 1 is 1.10 bits per heavy atom. The average molecular weight is 339 g/mol. The minimum atomic E-state index is 0.251. The molecule has 0 unspecified atom stereocenters. The number of hydrogen-bond acceptors (Lipinski definition) is 4. The van der Waals surface area contributed by atoms with Gasteiger partial charge in [0.1, 0.15) is 5.65 Å². The number of imidazole rings is 1. The molecule has 0 aromatic carbocycles. The number of piperazine rings is 1. The molecule has 0 amide bonds. The zero-order valence-corrected chi connectivity index (χ0v) is 13.0. The summed E-state index contributed by atoms with van der Waals surface area (Å²) in [6.45, 7) is 6.07. The second-order valence-corrected chi connectivity index (χ2v) is 6.10. The number of aliphatic hydroxyl groups excluding tert-OH is 1. The third-order valence-electron chi connectivity index (χ3n) is 3.73. The molecule has 0 saturated carbocycles. The van der Waals surface area contributed by atoms with Crippen molar-refractivity contribution in [2.24, 2.45) is 0 Å². The molecule has 1 saturated heterocycles. The van der Waals surface area contributed by atoms with Crippen molar-refractivity contribution in [3.05, 3.63) is 34.7 Å². The number of aliphatic hydroxyl groups is 1. The van der Waals surface area contributed by atoms with Crippen LogP contribution in [0.1, 0.15) is 5.69 Å². The van der Waals surface area contributed by atoms with Gasteiger partial charge in [0, 0.05) is 56.1 Å². The summed E-state index contributed by atoms with van der Waals surface area (Å²) in [5.41, 5.74) is 2.10. The summed E-state index contributed by atoms with van der Waals surface area (Å²) in [4.78, 5) is 9.37. The van der Waals surface area contributed by atoms with Gasteiger partial charge in [-0.2, -0.15) is 0 Å². The predicted molar refractivity (Wildman–Crippen MR) is 81.7 cm³/mol. The van der Waals surface area contributed by atoms with E-state index in [1.807, 2.05) is 18.3 Å². The quantitative estimate of drug-likeness (QED) is 0.909. The summed E-state index contributed by atoms with van der Waals surface area (Å²) in [7, 11) is 0. The Kier molecular flexibility index (Phi) is 4.35. The molecule has 20 heavy (non-hydrogen) atoms. The monoisotopic (exact) mass is 338 g/mol. The number of pyridine rings is 1. The van der Waals surface area contributed by atoms with Crippen molar-refractivity contribution in [1.29, 1.82) is 0 Å². The van der Waals surface area contributed by atoms with E-state index in [0.717, 1.165) is 55.1 Å². The Hall–Kier alpha value is -0.950. The Labute approximate surface area is 126 Å². The molecule has 1 aliphatic heterocycles. The molecule has 0 spiro atoms. The molecule has 6 heteroatoms. The lowest BCUT2D eigenvalue weighted by atomic mass is 10.3. The molecule has 1 fully saturated rings. The SMILES string of the molecule is OCCN1CCN(Cc2cn3cc(Br)ccc3n2)CC1. The van der Waals surface area contributed by atoms with Gasteiger partial charge in [-0.05, 0) is 28.1 Å². The first-order valence-electron chi connectivity index (χ1n) is 6.93. The molecule has 1 N–H and O–H groups in total. The van der Waals surface area contributed by atoms with Gasteiger partial charge >= 0.3 is 0 Å². The van der Waals surface area contributed by atoms with Crippen LogP contribution >= 0.6 is 15.9 Å². The number of fused-ring (bicyclic) bond motifs is 1. The second kappa shape index (κ2) is 6.22. The van der Waals surface area contributed by atoms with Crippen LogP contribution < -0.4 is 0 Å². The minimum Gasteiger partial charge on any atom is -0.395 e. The maximum Gasteiger partial charge on any atom is 0.137 e. The van der Waals surface area contributed by atoms with Crippen molar-refractivity contribution >= 4 is 21.6 Å². The van der Waals surface area contributed by atoms with E-state index >= 15 is 0 Å². The maximum atomic E-state index is 8.95. The lowest BCUT2D eigenvalue weighted by molar-refractivity contribution is 0.108. The van der Waals surface area contributed by atoms with Gasteiger partial charge in [0.2, 0.25) is 0 Å².